The molecular weight excluding hydrogens is 602 g/mol. The molecule has 1 amide bonds. The number of nitrogens with zero attached hydrogens (tertiary/aromatic N) is 1. The monoisotopic (exact) mass is 653 g/mol. The number of rotatable bonds is 19. The summed E-state index contributed by atoms with van der Waals surface area (Å²) in [6.07, 6.45) is 2.13. The molecular formula is C40H51N3O5. The van der Waals surface area contributed by atoms with Crippen molar-refractivity contribution in [2.45, 2.75) is 71.1 Å². The zero-order valence-electron chi connectivity index (χ0n) is 28.6. The maximum atomic E-state index is 11.0. The van der Waals surface area contributed by atoms with Gasteiger partial charge in [0, 0.05) is 36.5 Å². The van der Waals surface area contributed by atoms with E-state index in [0.29, 0.717) is 49.5 Å². The zero-order valence-corrected chi connectivity index (χ0v) is 28.6. The van der Waals surface area contributed by atoms with Crippen molar-refractivity contribution in [1.29, 1.82) is 0 Å². The van der Waals surface area contributed by atoms with Crippen LogP contribution in [0.25, 0.3) is 0 Å². The maximum absolute atomic E-state index is 11.0. The van der Waals surface area contributed by atoms with Gasteiger partial charge in [0.15, 0.2) is 0 Å². The molecule has 4 aromatic rings. The average molecular weight is 654 g/mol. The Morgan fingerprint density at radius 3 is 2.17 bits per heavy atom. The van der Waals surface area contributed by atoms with Gasteiger partial charge < -0.3 is 30.7 Å². The molecule has 0 heterocycles. The molecule has 0 saturated heterocycles. The van der Waals surface area contributed by atoms with Gasteiger partial charge in [-0.3, -0.25) is 9.69 Å². The Bertz CT molecular complexity index is 1550. The topological polar surface area (TPSA) is 114 Å². The molecule has 0 aliphatic carbocycles. The second-order valence-corrected chi connectivity index (χ2v) is 12.8. The molecule has 48 heavy (non-hydrogen) atoms. The first-order valence-electron chi connectivity index (χ1n) is 16.9. The molecule has 0 aromatic heterocycles. The number of aliphatic hydroxyl groups excluding tert-OH is 1. The van der Waals surface area contributed by atoms with E-state index in [4.69, 9.17) is 4.74 Å². The van der Waals surface area contributed by atoms with Crippen molar-refractivity contribution in [3.63, 3.8) is 0 Å². The highest BCUT2D eigenvalue weighted by atomic mass is 16.5. The minimum atomic E-state index is -0.775. The molecule has 0 aliphatic heterocycles. The van der Waals surface area contributed by atoms with Crippen LogP contribution in [0.5, 0.6) is 17.2 Å². The predicted molar refractivity (Wildman–Crippen MR) is 193 cm³/mol. The number of anilines is 1. The third kappa shape index (κ3) is 10.6. The van der Waals surface area contributed by atoms with Crippen LogP contribution < -0.4 is 15.4 Å². The molecule has 2 atom stereocenters. The average Bonchev–Trinajstić information content (AvgIpc) is 3.07. The van der Waals surface area contributed by atoms with Crippen molar-refractivity contribution < 1.29 is 24.9 Å². The van der Waals surface area contributed by atoms with Gasteiger partial charge in [-0.05, 0) is 106 Å². The van der Waals surface area contributed by atoms with Crippen molar-refractivity contribution in [3.05, 3.63) is 119 Å². The van der Waals surface area contributed by atoms with Crippen LogP contribution in [0.4, 0.5) is 5.69 Å². The van der Waals surface area contributed by atoms with Gasteiger partial charge in [-0.25, -0.2) is 0 Å². The van der Waals surface area contributed by atoms with Gasteiger partial charge in [0.25, 0.3) is 0 Å². The lowest BCUT2D eigenvalue weighted by Gasteiger charge is -2.32. The van der Waals surface area contributed by atoms with E-state index < -0.39 is 6.10 Å². The van der Waals surface area contributed by atoms with Gasteiger partial charge in [0.05, 0.1) is 18.4 Å². The molecule has 5 N–H and O–H groups in total. The molecule has 0 aliphatic rings. The van der Waals surface area contributed by atoms with Crippen molar-refractivity contribution in [2.24, 2.45) is 0 Å². The molecule has 0 spiro atoms. The summed E-state index contributed by atoms with van der Waals surface area (Å²) in [5, 5.41) is 37.0. The van der Waals surface area contributed by atoms with E-state index in [1.807, 2.05) is 42.5 Å². The van der Waals surface area contributed by atoms with E-state index >= 15 is 0 Å². The number of hydrogen-bond donors (Lipinski definition) is 5. The number of aromatic hydroxyl groups is 2. The molecule has 0 saturated carbocycles. The van der Waals surface area contributed by atoms with E-state index in [1.54, 1.807) is 12.1 Å². The third-order valence-electron chi connectivity index (χ3n) is 8.80. The molecule has 4 aromatic carbocycles. The Morgan fingerprint density at radius 2 is 1.48 bits per heavy atom. The predicted octanol–water partition coefficient (Wildman–Crippen LogP) is 6.79. The van der Waals surface area contributed by atoms with Crippen LogP contribution >= 0.6 is 0 Å². The summed E-state index contributed by atoms with van der Waals surface area (Å²) < 4.78 is 6.09. The van der Waals surface area contributed by atoms with Crippen molar-refractivity contribution in [2.75, 3.05) is 31.6 Å². The number of benzene rings is 4. The molecule has 0 fully saturated rings. The van der Waals surface area contributed by atoms with Gasteiger partial charge in [0.2, 0.25) is 6.41 Å². The Kier molecular flexibility index (Phi) is 13.9. The van der Waals surface area contributed by atoms with E-state index in [2.05, 4.69) is 73.6 Å². The highest BCUT2D eigenvalue weighted by Gasteiger charge is 2.22. The van der Waals surface area contributed by atoms with Crippen LogP contribution in [0, 0.1) is 0 Å². The smallest absolute Gasteiger partial charge is 0.211 e. The molecule has 256 valence electrons. The first-order chi connectivity index (χ1) is 23.2. The number of ether oxygens (including phenoxy) is 1. The highest BCUT2D eigenvalue weighted by molar-refractivity contribution is 5.75. The molecule has 0 bridgehead atoms. The van der Waals surface area contributed by atoms with Crippen molar-refractivity contribution in [1.82, 2.24) is 10.2 Å². The SMILES string of the molecule is CC(C)N(CC[C@H](c1ccccc1)c1cc(CCOc2ccc(CCNC[C@H](O)c3ccc(O)c(NC=O)c3)cc2)ccc1O)C(C)C. The molecule has 0 radical (unpaired) electrons. The summed E-state index contributed by atoms with van der Waals surface area (Å²) in [6.45, 7) is 11.4. The number of hydrogen-bond acceptors (Lipinski definition) is 7. The summed E-state index contributed by atoms with van der Waals surface area (Å²) in [4.78, 5) is 13.2. The number of carbonyl (C=O) groups excluding carboxylic acids is 1. The van der Waals surface area contributed by atoms with Crippen LogP contribution in [0.3, 0.4) is 0 Å². The number of amides is 1. The fraction of sp³-hybridized carbons (Fsp3) is 0.375. The summed E-state index contributed by atoms with van der Waals surface area (Å²) >= 11 is 0. The Morgan fingerprint density at radius 1 is 0.792 bits per heavy atom. The number of carbonyl (C=O) groups is 1. The van der Waals surface area contributed by atoms with Gasteiger partial charge >= 0.3 is 0 Å². The van der Waals surface area contributed by atoms with Crippen molar-refractivity contribution >= 4 is 12.1 Å². The van der Waals surface area contributed by atoms with Gasteiger partial charge in [-0.2, -0.15) is 0 Å². The minimum absolute atomic E-state index is 0.0498. The van der Waals surface area contributed by atoms with Crippen LogP contribution in [-0.2, 0) is 17.6 Å². The fourth-order valence-electron chi connectivity index (χ4n) is 6.18. The van der Waals surface area contributed by atoms with E-state index in [-0.39, 0.29) is 17.4 Å². The first kappa shape index (κ1) is 36.5. The van der Waals surface area contributed by atoms with Crippen molar-refractivity contribution in [3.8, 4) is 17.2 Å². The number of phenols is 2. The van der Waals surface area contributed by atoms with Gasteiger partial charge in [-0.15, -0.1) is 0 Å². The Hall–Kier alpha value is -4.37. The lowest BCUT2D eigenvalue weighted by molar-refractivity contribution is -0.105. The molecule has 4 rings (SSSR count). The van der Waals surface area contributed by atoms with E-state index in [0.717, 1.165) is 48.2 Å². The fourth-order valence-corrected chi connectivity index (χ4v) is 6.18. The third-order valence-corrected chi connectivity index (χ3v) is 8.80. The molecule has 8 nitrogen and oxygen atoms in total. The highest BCUT2D eigenvalue weighted by Crippen LogP contribution is 2.35. The van der Waals surface area contributed by atoms with Gasteiger partial charge in [0.1, 0.15) is 17.2 Å². The standard InChI is InChI=1S/C40H51N3O5/c1-28(2)43(29(3)4)22-19-35(32-8-6-5-7-9-32)36-24-31(12-16-38(36)45)20-23-48-34-14-10-30(11-15-34)18-21-41-26-40(47)33-13-17-39(46)37(25-33)42-27-44/h5-17,24-25,27-29,35,40-41,45-47H,18-23,26H2,1-4H3,(H,42,44)/t35-,40+/m1/s1. The normalized spacial score (nSPS) is 12.8. The van der Waals surface area contributed by atoms with Crippen LogP contribution in [0.2, 0.25) is 0 Å². The van der Waals surface area contributed by atoms with Gasteiger partial charge in [-0.1, -0.05) is 60.7 Å². The summed E-state index contributed by atoms with van der Waals surface area (Å²) in [7, 11) is 0. The zero-order chi connectivity index (χ0) is 34.5. The summed E-state index contributed by atoms with van der Waals surface area (Å²) in [5.74, 6) is 1.17. The molecule has 8 heteroatoms. The van der Waals surface area contributed by atoms with E-state index in [9.17, 15) is 20.1 Å². The Labute approximate surface area is 285 Å². The second-order valence-electron chi connectivity index (χ2n) is 12.8. The largest absolute Gasteiger partial charge is 0.508 e. The van der Waals surface area contributed by atoms with E-state index in [1.165, 1.54) is 11.6 Å². The second kappa shape index (κ2) is 18.2. The van der Waals surface area contributed by atoms with Crippen LogP contribution in [0.15, 0.2) is 91.0 Å². The lowest BCUT2D eigenvalue weighted by Crippen LogP contribution is -2.38. The quantitative estimate of drug-likeness (QED) is 0.0430. The lowest BCUT2D eigenvalue weighted by atomic mass is 9.86. The Balaban J connectivity index is 1.28. The number of nitrogens with one attached hydrogen (secondary N) is 2. The van der Waals surface area contributed by atoms with Crippen LogP contribution in [0.1, 0.15) is 74.0 Å². The number of phenolic OH excluding ortho intramolecular Hbond substituents is 2. The number of aliphatic hydroxyl groups is 1. The first-order valence-corrected chi connectivity index (χ1v) is 16.9. The summed E-state index contributed by atoms with van der Waals surface area (Å²) in [5.41, 5.74) is 5.31. The van der Waals surface area contributed by atoms with Crippen LogP contribution in [-0.4, -0.2) is 65.0 Å². The molecule has 0 unspecified atom stereocenters. The minimum Gasteiger partial charge on any atom is -0.508 e. The maximum Gasteiger partial charge on any atom is 0.211 e. The summed E-state index contributed by atoms with van der Waals surface area (Å²) in [6, 6.07) is 30.0.